The zero-order valence-electron chi connectivity index (χ0n) is 15.3. The zero-order chi connectivity index (χ0) is 21.4. The summed E-state index contributed by atoms with van der Waals surface area (Å²) in [6, 6.07) is 8.24. The molecule has 0 spiro atoms. The van der Waals surface area contributed by atoms with Crippen molar-refractivity contribution in [2.24, 2.45) is 0 Å². The molecule has 8 nitrogen and oxygen atoms in total. The number of aromatic hydroxyl groups is 2. The van der Waals surface area contributed by atoms with Crippen LogP contribution in [0.15, 0.2) is 49.6 Å². The maximum absolute atomic E-state index is 11.0. The van der Waals surface area contributed by atoms with Crippen molar-refractivity contribution in [2.75, 3.05) is 0 Å². The Bertz CT molecular complexity index is 929. The molecule has 3 rings (SSSR count). The molecule has 0 amide bonds. The molecule has 148 valence electrons. The van der Waals surface area contributed by atoms with Crippen LogP contribution in [-0.4, -0.2) is 32.7 Å². The summed E-state index contributed by atoms with van der Waals surface area (Å²) in [5, 5.41) is 38.2. The van der Waals surface area contributed by atoms with Crippen molar-refractivity contribution in [3.63, 3.8) is 0 Å². The van der Waals surface area contributed by atoms with Crippen molar-refractivity contribution < 1.29 is 39.5 Å². The van der Waals surface area contributed by atoms with Gasteiger partial charge in [-0.3, -0.25) is 0 Å². The smallest absolute Gasteiger partial charge is 0.507 e. The van der Waals surface area contributed by atoms with E-state index in [0.29, 0.717) is 0 Å². The van der Waals surface area contributed by atoms with Gasteiger partial charge in [-0.2, -0.15) is 0 Å². The molecule has 0 saturated heterocycles. The first-order chi connectivity index (χ1) is 13.4. The molecule has 0 aliphatic rings. The monoisotopic (exact) mass is 388 g/mol. The molecule has 0 unspecified atom stereocenters. The lowest BCUT2D eigenvalue weighted by Crippen LogP contribution is -2.07. The van der Waals surface area contributed by atoms with Crippen LogP contribution >= 0.6 is 0 Å². The molecule has 0 aromatic heterocycles. The average molecular weight is 388 g/mol. The minimum absolute atomic E-state index is 0.0470. The van der Waals surface area contributed by atoms with Gasteiger partial charge < -0.3 is 29.9 Å². The normalized spacial score (nSPS) is 9.50. The third kappa shape index (κ3) is 4.24. The van der Waals surface area contributed by atoms with Crippen LogP contribution in [0.4, 0.5) is 9.59 Å². The third-order valence-electron chi connectivity index (χ3n) is 3.41. The van der Waals surface area contributed by atoms with E-state index in [1.54, 1.807) is 0 Å². The fourth-order valence-corrected chi connectivity index (χ4v) is 2.59. The highest BCUT2D eigenvalue weighted by Crippen LogP contribution is 2.48. The predicted molar refractivity (Wildman–Crippen MR) is 105 cm³/mol. The summed E-state index contributed by atoms with van der Waals surface area (Å²) < 4.78 is 9.56. The Morgan fingerprint density at radius 1 is 0.750 bits per heavy atom. The summed E-state index contributed by atoms with van der Waals surface area (Å²) in [5.41, 5.74) is 0. The Hall–Kier alpha value is -3.94. The maximum Gasteiger partial charge on any atom is 0.511 e. The first kappa shape index (κ1) is 22.1. The van der Waals surface area contributed by atoms with Crippen LogP contribution < -0.4 is 9.47 Å². The van der Waals surface area contributed by atoms with E-state index in [1.807, 2.05) is 13.8 Å². The van der Waals surface area contributed by atoms with Crippen molar-refractivity contribution in [1.82, 2.24) is 0 Å². The fraction of sp³-hybridized carbons (Fsp3) is 0.100. The van der Waals surface area contributed by atoms with Gasteiger partial charge in [0.2, 0.25) is 0 Å². The molecule has 0 saturated carbocycles. The van der Waals surface area contributed by atoms with Gasteiger partial charge in [-0.25, -0.2) is 9.59 Å². The molecule has 0 radical (unpaired) electrons. The summed E-state index contributed by atoms with van der Waals surface area (Å²) >= 11 is 0. The quantitative estimate of drug-likeness (QED) is 0.200. The number of benzene rings is 3. The van der Waals surface area contributed by atoms with E-state index in [9.17, 15) is 19.8 Å². The number of carbonyl (C=O) groups is 2. The van der Waals surface area contributed by atoms with E-state index in [1.165, 1.54) is 36.4 Å². The van der Waals surface area contributed by atoms with Crippen molar-refractivity contribution >= 4 is 33.9 Å². The predicted octanol–water partition coefficient (Wildman–Crippen LogP) is 5.35. The number of fused-ring (bicyclic) bond motifs is 2. The van der Waals surface area contributed by atoms with Gasteiger partial charge in [0.15, 0.2) is 11.5 Å². The Morgan fingerprint density at radius 2 is 1.07 bits per heavy atom. The lowest BCUT2D eigenvalue weighted by molar-refractivity contribution is 0.143. The number of hydrogen-bond acceptors (Lipinski definition) is 6. The second kappa shape index (κ2) is 9.67. The Morgan fingerprint density at radius 3 is 1.36 bits per heavy atom. The van der Waals surface area contributed by atoms with Gasteiger partial charge in [0, 0.05) is 10.8 Å². The van der Waals surface area contributed by atoms with E-state index in [4.69, 9.17) is 19.7 Å². The second-order valence-electron chi connectivity index (χ2n) is 4.79. The molecular weight excluding hydrogens is 368 g/mol. The van der Waals surface area contributed by atoms with Crippen molar-refractivity contribution in [1.29, 1.82) is 0 Å². The van der Waals surface area contributed by atoms with Gasteiger partial charge in [-0.1, -0.05) is 38.1 Å². The van der Waals surface area contributed by atoms with Gasteiger partial charge >= 0.3 is 12.3 Å². The van der Waals surface area contributed by atoms with E-state index in [2.05, 4.69) is 13.2 Å². The van der Waals surface area contributed by atoms with Crippen LogP contribution in [0.5, 0.6) is 23.0 Å². The SMILES string of the molecule is C=C.CC.O=C(O)Oc1c2cccc(O)c2c(OC(=O)O)c2cccc(O)c12. The second-order valence-corrected chi connectivity index (χ2v) is 4.79. The molecule has 0 fully saturated rings. The molecule has 0 atom stereocenters. The van der Waals surface area contributed by atoms with Crippen molar-refractivity contribution in [3.8, 4) is 23.0 Å². The summed E-state index contributed by atoms with van der Waals surface area (Å²) in [7, 11) is 0. The van der Waals surface area contributed by atoms with Crippen molar-refractivity contribution in [3.05, 3.63) is 49.6 Å². The topological polar surface area (TPSA) is 134 Å². The molecule has 3 aromatic rings. The van der Waals surface area contributed by atoms with Gasteiger partial charge in [0.05, 0.1) is 10.8 Å². The average Bonchev–Trinajstić information content (AvgIpc) is 2.67. The molecule has 0 bridgehead atoms. The van der Waals surface area contributed by atoms with Gasteiger partial charge in [-0.05, 0) is 12.1 Å². The highest BCUT2D eigenvalue weighted by atomic mass is 16.7. The number of phenols is 2. The molecule has 28 heavy (non-hydrogen) atoms. The van der Waals surface area contributed by atoms with E-state index in [-0.39, 0.29) is 44.5 Å². The molecule has 0 heterocycles. The summed E-state index contributed by atoms with van der Waals surface area (Å²) in [4.78, 5) is 22.0. The van der Waals surface area contributed by atoms with Crippen LogP contribution in [0.2, 0.25) is 0 Å². The highest BCUT2D eigenvalue weighted by molar-refractivity contribution is 6.15. The molecule has 4 N–H and O–H groups in total. The van der Waals surface area contributed by atoms with Crippen LogP contribution in [0.3, 0.4) is 0 Å². The van der Waals surface area contributed by atoms with E-state index >= 15 is 0 Å². The molecule has 0 aliphatic carbocycles. The summed E-state index contributed by atoms with van der Waals surface area (Å²) in [6.07, 6.45) is -3.26. The summed E-state index contributed by atoms with van der Waals surface area (Å²) in [6.45, 7) is 10.0. The lowest BCUT2D eigenvalue weighted by atomic mass is 9.99. The first-order valence-corrected chi connectivity index (χ1v) is 8.11. The van der Waals surface area contributed by atoms with Gasteiger partial charge in [-0.15, -0.1) is 13.2 Å². The van der Waals surface area contributed by atoms with Gasteiger partial charge in [0.25, 0.3) is 0 Å². The Kier molecular flexibility index (Phi) is 7.64. The van der Waals surface area contributed by atoms with Crippen LogP contribution in [0.25, 0.3) is 21.5 Å². The van der Waals surface area contributed by atoms with Crippen LogP contribution in [0, 0.1) is 0 Å². The minimum Gasteiger partial charge on any atom is -0.507 e. The van der Waals surface area contributed by atoms with Crippen LogP contribution in [-0.2, 0) is 0 Å². The molecule has 0 aliphatic heterocycles. The molecule has 3 aromatic carbocycles. The van der Waals surface area contributed by atoms with E-state index < -0.39 is 12.3 Å². The Labute approximate surface area is 160 Å². The summed E-state index contributed by atoms with van der Waals surface area (Å²) in [5.74, 6) is -1.13. The number of rotatable bonds is 2. The number of hydrogen-bond donors (Lipinski definition) is 4. The fourth-order valence-electron chi connectivity index (χ4n) is 2.59. The largest absolute Gasteiger partial charge is 0.511 e. The minimum atomic E-state index is -1.63. The first-order valence-electron chi connectivity index (χ1n) is 8.11. The molecular formula is C20H20O8. The number of phenolic OH excluding ortho intramolecular Hbond substituents is 2. The standard InChI is InChI=1S/C16H10O8.C2H6.C2H4/c17-9-5-1-3-7-11(9)14(24-16(21)22)8-4-2-6-10(18)12(8)13(7)23-15(19)20;2*1-2/h1-6,17-18H,(H,19,20)(H,21,22);1-2H3;1-2H2. The number of ether oxygens (including phenoxy) is 2. The maximum atomic E-state index is 11.0. The van der Waals surface area contributed by atoms with Crippen LogP contribution in [0.1, 0.15) is 13.8 Å². The van der Waals surface area contributed by atoms with Gasteiger partial charge in [0.1, 0.15) is 11.5 Å². The van der Waals surface area contributed by atoms with E-state index in [0.717, 1.165) is 0 Å². The third-order valence-corrected chi connectivity index (χ3v) is 3.41. The Balaban J connectivity index is 0.000000921. The van der Waals surface area contributed by atoms with Crippen molar-refractivity contribution in [2.45, 2.75) is 13.8 Å². The highest BCUT2D eigenvalue weighted by Gasteiger charge is 2.23. The molecule has 8 heteroatoms. The number of carboxylic acid groups (broad SMARTS) is 2. The lowest BCUT2D eigenvalue weighted by Gasteiger charge is -2.15. The zero-order valence-corrected chi connectivity index (χ0v) is 15.3.